The van der Waals surface area contributed by atoms with Gasteiger partial charge in [-0.3, -0.25) is 14.9 Å². The van der Waals surface area contributed by atoms with E-state index in [-0.39, 0.29) is 35.9 Å². The lowest BCUT2D eigenvalue weighted by atomic mass is 10.0. The molecule has 0 spiro atoms. The number of nitrogens with two attached hydrogens (primary N) is 1. The van der Waals surface area contributed by atoms with Gasteiger partial charge in [0.2, 0.25) is 5.82 Å². The third-order valence-corrected chi connectivity index (χ3v) is 6.89. The molecule has 1 unspecified atom stereocenters. The first-order valence-electron chi connectivity index (χ1n) is 12.5. The van der Waals surface area contributed by atoms with Crippen LogP contribution in [0.25, 0.3) is 11.1 Å². The summed E-state index contributed by atoms with van der Waals surface area (Å²) >= 11 is 12.5. The summed E-state index contributed by atoms with van der Waals surface area (Å²) in [5.41, 5.74) is 7.05. The van der Waals surface area contributed by atoms with E-state index in [0.29, 0.717) is 58.6 Å². The molecule has 216 valence electrons. The molecule has 1 amide bonds. The molecule has 1 atom stereocenters. The van der Waals surface area contributed by atoms with Crippen molar-refractivity contribution in [2.45, 2.75) is 26.1 Å². The van der Waals surface area contributed by atoms with Gasteiger partial charge in [-0.2, -0.15) is 0 Å². The summed E-state index contributed by atoms with van der Waals surface area (Å²) < 4.78 is 1.87. The Hall–Kier alpha value is -4.56. The van der Waals surface area contributed by atoms with Crippen LogP contribution in [0, 0.1) is 20.2 Å². The van der Waals surface area contributed by atoms with Gasteiger partial charge in [-0.05, 0) is 36.5 Å². The van der Waals surface area contributed by atoms with Crippen molar-refractivity contribution in [1.29, 1.82) is 0 Å². The van der Waals surface area contributed by atoms with Crippen LogP contribution >= 0.6 is 23.2 Å². The maximum absolute atomic E-state index is 13.2. The van der Waals surface area contributed by atoms with Crippen LogP contribution in [0.1, 0.15) is 23.7 Å². The number of hydrogen-bond acceptors (Lipinski definition) is 10. The molecule has 1 aromatic carbocycles. The van der Waals surface area contributed by atoms with E-state index in [1.165, 1.54) is 18.3 Å². The lowest BCUT2D eigenvalue weighted by Gasteiger charge is -2.18. The number of rotatable bonds is 12. The molecule has 4 rings (SSSR count). The van der Waals surface area contributed by atoms with Gasteiger partial charge in [0.1, 0.15) is 5.82 Å². The number of carbonyl (C=O) groups excluding carboxylic acids is 1. The Morgan fingerprint density at radius 3 is 2.54 bits per heavy atom. The first-order chi connectivity index (χ1) is 19.5. The highest BCUT2D eigenvalue weighted by Crippen LogP contribution is 2.33. The van der Waals surface area contributed by atoms with Crippen molar-refractivity contribution in [1.82, 2.24) is 25.1 Å². The number of aromatic nitrogens is 2. The molecule has 5 N–H and O–H groups in total. The molecule has 2 aromatic heterocycles. The highest BCUT2D eigenvalue weighted by atomic mass is 35.5. The number of nitrogens with zero attached hydrogens (tertiary/aromatic N) is 5. The van der Waals surface area contributed by atoms with E-state index < -0.39 is 9.85 Å². The molecule has 1 aliphatic heterocycles. The maximum atomic E-state index is 13.2. The van der Waals surface area contributed by atoms with Crippen molar-refractivity contribution in [3.63, 3.8) is 0 Å². The molecule has 0 fully saturated rings. The third-order valence-electron chi connectivity index (χ3n) is 6.34. The zero-order chi connectivity index (χ0) is 29.7. The molecule has 3 aromatic rings. The fourth-order valence-corrected chi connectivity index (χ4v) is 4.80. The van der Waals surface area contributed by atoms with Crippen LogP contribution in [-0.2, 0) is 6.54 Å². The number of amides is 1. The number of nitrogen functional groups attached to an aromatic ring is 1. The van der Waals surface area contributed by atoms with E-state index in [1.807, 2.05) is 10.8 Å². The van der Waals surface area contributed by atoms with Crippen LogP contribution < -0.4 is 21.7 Å². The minimum atomic E-state index is -0.594. The van der Waals surface area contributed by atoms with Gasteiger partial charge in [0, 0.05) is 65.8 Å². The van der Waals surface area contributed by atoms with Gasteiger partial charge in [-0.1, -0.05) is 29.3 Å². The Morgan fingerprint density at radius 2 is 1.88 bits per heavy atom. The Morgan fingerprint density at radius 1 is 1.10 bits per heavy atom. The van der Waals surface area contributed by atoms with E-state index in [4.69, 9.17) is 28.9 Å². The van der Waals surface area contributed by atoms with Crippen molar-refractivity contribution < 1.29 is 14.6 Å². The van der Waals surface area contributed by atoms with Gasteiger partial charge in [0.05, 0.1) is 16.7 Å². The van der Waals surface area contributed by atoms with E-state index in [9.17, 15) is 25.0 Å². The average molecular weight is 604 g/mol. The molecule has 16 heteroatoms. The number of nitrogens with one attached hydrogen (secondary N) is 3. The van der Waals surface area contributed by atoms with Crippen molar-refractivity contribution in [2.24, 2.45) is 0 Å². The lowest BCUT2D eigenvalue weighted by molar-refractivity contribution is -0.431. The number of hydrogen-bond donors (Lipinski definition) is 4. The standard InChI is InChI=1S/C25H27Cl2N9O5/c1-15-31-23(36(40)41)14-34(15)10-8-30-25(37)19-13-33(12-18(19)17-4-3-16(26)11-20(17)27)9-2-7-29-22-6-5-21(35(38)39)24(28)32-22/h3-6,11-15,31H,2,7-10H2,1H3,(H,30,37)(H3,28,29,32). The zero-order valence-electron chi connectivity index (χ0n) is 21.8. The van der Waals surface area contributed by atoms with Gasteiger partial charge in [-0.15, -0.1) is 0 Å². The minimum Gasteiger partial charge on any atom is -0.378 e. The first kappa shape index (κ1) is 29.4. The van der Waals surface area contributed by atoms with Crippen LogP contribution in [0.4, 0.5) is 17.3 Å². The number of pyridine rings is 1. The van der Waals surface area contributed by atoms with Gasteiger partial charge in [0.15, 0.2) is 6.17 Å². The molecule has 0 saturated carbocycles. The second-order valence-corrected chi connectivity index (χ2v) is 10.0. The second-order valence-electron chi connectivity index (χ2n) is 9.17. The fraction of sp³-hybridized carbons (Fsp3) is 0.280. The van der Waals surface area contributed by atoms with E-state index >= 15 is 0 Å². The maximum Gasteiger partial charge on any atom is 0.333 e. The molecule has 1 aliphatic rings. The topological polar surface area (TPSA) is 187 Å². The Bertz CT molecular complexity index is 1510. The van der Waals surface area contributed by atoms with E-state index in [1.54, 1.807) is 36.2 Å². The van der Waals surface area contributed by atoms with Crippen molar-refractivity contribution >= 4 is 46.4 Å². The number of carbonyl (C=O) groups is 1. The Labute approximate surface area is 244 Å². The smallest absolute Gasteiger partial charge is 0.333 e. The molecule has 0 aliphatic carbocycles. The largest absolute Gasteiger partial charge is 0.378 e. The molecule has 0 saturated heterocycles. The lowest BCUT2D eigenvalue weighted by Crippen LogP contribution is -2.39. The van der Waals surface area contributed by atoms with Gasteiger partial charge < -0.3 is 35.9 Å². The van der Waals surface area contributed by atoms with Gasteiger partial charge >= 0.3 is 11.5 Å². The number of benzene rings is 1. The average Bonchev–Trinajstić information content (AvgIpc) is 3.50. The van der Waals surface area contributed by atoms with Crippen molar-refractivity contribution in [2.75, 3.05) is 30.7 Å². The Kier molecular flexibility index (Phi) is 9.14. The number of anilines is 2. The van der Waals surface area contributed by atoms with Crippen LogP contribution in [0.5, 0.6) is 0 Å². The van der Waals surface area contributed by atoms with Crippen molar-refractivity contribution in [3.8, 4) is 11.1 Å². The van der Waals surface area contributed by atoms with Gasteiger partial charge in [-0.25, -0.2) is 10.3 Å². The SMILES string of the molecule is CC1NC([N+](=O)[O-])=CN1CCNC(=O)c1cn(CCCNc2ccc([N+](=O)[O-])c(N)n2)cc1-c1ccc(Cl)cc1Cl. The van der Waals surface area contributed by atoms with Crippen LogP contribution in [0.15, 0.2) is 54.7 Å². The summed E-state index contributed by atoms with van der Waals surface area (Å²) in [6.07, 6.45) is 5.32. The molecular formula is C25H27Cl2N9O5. The minimum absolute atomic E-state index is 0.0945. The summed E-state index contributed by atoms with van der Waals surface area (Å²) in [5, 5.41) is 31.5. The van der Waals surface area contributed by atoms with E-state index in [0.717, 1.165) is 0 Å². The first-order valence-corrected chi connectivity index (χ1v) is 13.3. The molecule has 0 radical (unpaired) electrons. The van der Waals surface area contributed by atoms with Crippen molar-refractivity contribution in [3.05, 3.63) is 90.6 Å². The Balaban J connectivity index is 1.43. The highest BCUT2D eigenvalue weighted by Gasteiger charge is 2.27. The quantitative estimate of drug-likeness (QED) is 0.134. The predicted octanol–water partition coefficient (Wildman–Crippen LogP) is 3.91. The number of aryl methyl sites for hydroxylation is 1. The number of halogens is 2. The highest BCUT2D eigenvalue weighted by molar-refractivity contribution is 6.36. The van der Waals surface area contributed by atoms with Crippen LogP contribution in [0.2, 0.25) is 10.0 Å². The van der Waals surface area contributed by atoms with E-state index in [2.05, 4.69) is 20.9 Å². The normalized spacial score (nSPS) is 14.4. The predicted molar refractivity (Wildman–Crippen MR) is 155 cm³/mol. The third kappa shape index (κ3) is 7.15. The second kappa shape index (κ2) is 12.7. The summed E-state index contributed by atoms with van der Waals surface area (Å²) in [7, 11) is 0. The monoisotopic (exact) mass is 603 g/mol. The molecule has 0 bridgehead atoms. The molecule has 41 heavy (non-hydrogen) atoms. The summed E-state index contributed by atoms with van der Waals surface area (Å²) in [5.74, 6) is -0.179. The molecular weight excluding hydrogens is 577 g/mol. The zero-order valence-corrected chi connectivity index (χ0v) is 23.4. The molecule has 14 nitrogen and oxygen atoms in total. The van der Waals surface area contributed by atoms with Gasteiger partial charge in [0.25, 0.3) is 5.91 Å². The summed E-state index contributed by atoms with van der Waals surface area (Å²) in [6, 6.07) is 7.82. The molecule has 3 heterocycles. The summed E-state index contributed by atoms with van der Waals surface area (Å²) in [6.45, 7) is 3.43. The number of nitro groups is 2. The van der Waals surface area contributed by atoms with Crippen LogP contribution in [0.3, 0.4) is 0 Å². The summed E-state index contributed by atoms with van der Waals surface area (Å²) in [4.78, 5) is 39.8. The van der Waals surface area contributed by atoms with Crippen LogP contribution in [-0.4, -0.2) is 56.0 Å². The fourth-order valence-electron chi connectivity index (χ4n) is 4.29.